The number of ether oxygens (including phenoxy) is 1. The Morgan fingerprint density at radius 2 is 1.85 bits per heavy atom. The second-order valence-corrected chi connectivity index (χ2v) is 8.88. The van der Waals surface area contributed by atoms with Gasteiger partial charge in [0, 0.05) is 23.8 Å². The number of hydrogen-bond donors (Lipinski definition) is 1. The summed E-state index contributed by atoms with van der Waals surface area (Å²) in [4.78, 5) is 40.9. The first kappa shape index (κ1) is 23.0. The van der Waals surface area contributed by atoms with Crippen molar-refractivity contribution in [3.8, 4) is 0 Å². The van der Waals surface area contributed by atoms with Gasteiger partial charge in [0.2, 0.25) is 5.91 Å². The highest BCUT2D eigenvalue weighted by Crippen LogP contribution is 2.57. The van der Waals surface area contributed by atoms with Crippen molar-refractivity contribution in [3.63, 3.8) is 0 Å². The zero-order chi connectivity index (χ0) is 23.8. The lowest BCUT2D eigenvalue weighted by Gasteiger charge is -2.59. The van der Waals surface area contributed by atoms with Gasteiger partial charge in [0.25, 0.3) is 0 Å². The summed E-state index contributed by atoms with van der Waals surface area (Å²) in [6.45, 7) is 2.26. The molecule has 2 heterocycles. The van der Waals surface area contributed by atoms with Crippen molar-refractivity contribution in [1.82, 2.24) is 10.2 Å². The van der Waals surface area contributed by atoms with E-state index in [2.05, 4.69) is 10.1 Å². The van der Waals surface area contributed by atoms with E-state index in [0.29, 0.717) is 36.6 Å². The molecule has 0 aliphatic carbocycles. The Morgan fingerprint density at radius 1 is 1.18 bits per heavy atom. The van der Waals surface area contributed by atoms with Crippen LogP contribution in [0.1, 0.15) is 31.4 Å². The van der Waals surface area contributed by atoms with Crippen LogP contribution in [0.4, 0.5) is 14.9 Å². The fourth-order valence-electron chi connectivity index (χ4n) is 4.77. The number of anilines is 1. The van der Waals surface area contributed by atoms with Crippen LogP contribution in [-0.4, -0.2) is 49.0 Å². The van der Waals surface area contributed by atoms with E-state index in [1.807, 2.05) is 12.1 Å². The van der Waals surface area contributed by atoms with Crippen molar-refractivity contribution in [2.75, 3.05) is 25.1 Å². The van der Waals surface area contributed by atoms with E-state index in [4.69, 9.17) is 11.6 Å². The van der Waals surface area contributed by atoms with Gasteiger partial charge in [-0.2, -0.15) is 0 Å². The maximum atomic E-state index is 13.9. The Morgan fingerprint density at radius 3 is 2.45 bits per heavy atom. The lowest BCUT2D eigenvalue weighted by Crippen LogP contribution is -2.67. The smallest absolute Gasteiger partial charge is 0.328 e. The van der Waals surface area contributed by atoms with Gasteiger partial charge in [-0.15, -0.1) is 0 Å². The molecule has 0 aromatic heterocycles. The quantitative estimate of drug-likeness (QED) is 0.539. The van der Waals surface area contributed by atoms with Gasteiger partial charge in [-0.05, 0) is 55.7 Å². The fraction of sp³-hybridized carbons (Fsp3) is 0.375. The molecule has 2 aliphatic heterocycles. The predicted octanol–water partition coefficient (Wildman–Crippen LogP) is 3.92. The highest BCUT2D eigenvalue weighted by Gasteiger charge is 2.62. The molecular formula is C24H25ClFN3O4. The van der Waals surface area contributed by atoms with E-state index in [9.17, 15) is 18.8 Å². The molecule has 2 saturated heterocycles. The molecule has 33 heavy (non-hydrogen) atoms. The van der Waals surface area contributed by atoms with E-state index in [1.165, 1.54) is 19.2 Å². The maximum absolute atomic E-state index is 13.9. The summed E-state index contributed by atoms with van der Waals surface area (Å²) in [5.41, 5.74) is 0.698. The number of carbonyl (C=O) groups is 3. The number of esters is 1. The number of urea groups is 1. The van der Waals surface area contributed by atoms with Crippen LogP contribution in [0, 0.1) is 11.2 Å². The minimum atomic E-state index is -0.769. The van der Waals surface area contributed by atoms with Crippen molar-refractivity contribution in [1.29, 1.82) is 0 Å². The summed E-state index contributed by atoms with van der Waals surface area (Å²) in [6, 6.07) is 11.8. The molecule has 2 fully saturated rings. The average Bonchev–Trinajstić information content (AvgIpc) is 2.82. The molecule has 2 aromatic carbocycles. The Balaban J connectivity index is 1.56. The van der Waals surface area contributed by atoms with Crippen LogP contribution in [0.15, 0.2) is 48.5 Å². The Bertz CT molecular complexity index is 1070. The van der Waals surface area contributed by atoms with Gasteiger partial charge in [-0.1, -0.05) is 29.8 Å². The van der Waals surface area contributed by atoms with Crippen LogP contribution >= 0.6 is 11.6 Å². The minimum absolute atomic E-state index is 0.0870. The second-order valence-electron chi connectivity index (χ2n) is 8.45. The predicted molar refractivity (Wildman–Crippen MR) is 121 cm³/mol. The minimum Gasteiger partial charge on any atom is -0.467 e. The number of carbonyl (C=O) groups excluding carboxylic acids is 3. The normalized spacial score (nSPS) is 20.2. The maximum Gasteiger partial charge on any atom is 0.328 e. The summed E-state index contributed by atoms with van der Waals surface area (Å²) in [6.07, 6.45) is 0.899. The van der Waals surface area contributed by atoms with Crippen LogP contribution in [0.2, 0.25) is 5.02 Å². The molecule has 4 rings (SSSR count). The number of likely N-dealkylation sites (tertiary alicyclic amines) is 1. The van der Waals surface area contributed by atoms with Crippen LogP contribution < -0.4 is 10.2 Å². The molecule has 2 aliphatic rings. The highest BCUT2D eigenvalue weighted by molar-refractivity contribution is 6.30. The number of benzene rings is 2. The third-order valence-corrected chi connectivity index (χ3v) is 6.79. The molecule has 2 atom stereocenters. The zero-order valence-electron chi connectivity index (χ0n) is 18.4. The van der Waals surface area contributed by atoms with Crippen LogP contribution in [0.25, 0.3) is 0 Å². The molecule has 1 spiro atoms. The Hall–Kier alpha value is -3.13. The van der Waals surface area contributed by atoms with Gasteiger partial charge < -0.3 is 19.9 Å². The molecule has 3 amide bonds. The number of nitrogens with one attached hydrogen (secondary N) is 1. The van der Waals surface area contributed by atoms with Gasteiger partial charge in [-0.25, -0.2) is 14.0 Å². The second kappa shape index (κ2) is 9.02. The molecule has 7 nitrogen and oxygen atoms in total. The molecule has 0 bridgehead atoms. The summed E-state index contributed by atoms with van der Waals surface area (Å²) in [5.74, 6) is -1.03. The Kier molecular flexibility index (Phi) is 6.30. The van der Waals surface area contributed by atoms with Crippen molar-refractivity contribution in [3.05, 3.63) is 64.9 Å². The molecule has 0 radical (unpaired) electrons. The molecule has 174 valence electrons. The van der Waals surface area contributed by atoms with Gasteiger partial charge in [-0.3, -0.25) is 4.79 Å². The van der Waals surface area contributed by atoms with Gasteiger partial charge in [0.1, 0.15) is 11.9 Å². The fourth-order valence-corrected chi connectivity index (χ4v) is 4.89. The molecule has 0 saturated carbocycles. The molecule has 2 unspecified atom stereocenters. The summed E-state index contributed by atoms with van der Waals surface area (Å²) in [5, 5.41) is 3.21. The number of piperidine rings is 1. The lowest BCUT2D eigenvalue weighted by atomic mass is 9.62. The van der Waals surface area contributed by atoms with E-state index in [0.717, 1.165) is 5.56 Å². The molecular weight excluding hydrogens is 449 g/mol. The lowest BCUT2D eigenvalue weighted by molar-refractivity contribution is -0.144. The van der Waals surface area contributed by atoms with Crippen LogP contribution in [0.5, 0.6) is 0 Å². The summed E-state index contributed by atoms with van der Waals surface area (Å²) < 4.78 is 18.6. The zero-order valence-corrected chi connectivity index (χ0v) is 19.1. The first-order valence-corrected chi connectivity index (χ1v) is 11.1. The van der Waals surface area contributed by atoms with E-state index >= 15 is 0 Å². The monoisotopic (exact) mass is 473 g/mol. The number of β-lactam (4-membered cyclic amide) rings is 1. The molecule has 9 heteroatoms. The first-order valence-electron chi connectivity index (χ1n) is 10.7. The number of nitrogens with zero attached hydrogens (tertiary/aromatic N) is 2. The number of methoxy groups -OCH3 is 1. The van der Waals surface area contributed by atoms with E-state index < -0.39 is 23.2 Å². The van der Waals surface area contributed by atoms with Crippen LogP contribution in [0.3, 0.4) is 0 Å². The number of amides is 3. The number of rotatable bonds is 4. The number of halogens is 2. The third-order valence-electron chi connectivity index (χ3n) is 6.54. The van der Waals surface area contributed by atoms with E-state index in [-0.39, 0.29) is 18.0 Å². The SMILES string of the molecule is COC(=O)C(C)NC(=O)N1CCC2(CC1)C(=O)N(c1cccc(F)c1)C2c1ccc(Cl)cc1. The topological polar surface area (TPSA) is 79.0 Å². The van der Waals surface area contributed by atoms with Gasteiger partial charge >= 0.3 is 12.0 Å². The van der Waals surface area contributed by atoms with Crippen molar-refractivity contribution >= 4 is 35.2 Å². The molecule has 1 N–H and O–H groups in total. The largest absolute Gasteiger partial charge is 0.467 e. The average molecular weight is 474 g/mol. The standard InChI is InChI=1S/C24H25ClFN3O4/c1-15(21(30)33-2)27-23(32)28-12-10-24(11-13-28)20(16-6-8-17(25)9-7-16)29(22(24)31)19-5-3-4-18(26)14-19/h3-9,14-15,20H,10-13H2,1-2H3,(H,27,32). The van der Waals surface area contributed by atoms with Crippen molar-refractivity contribution in [2.45, 2.75) is 31.8 Å². The first-order chi connectivity index (χ1) is 15.8. The van der Waals surface area contributed by atoms with Crippen molar-refractivity contribution < 1.29 is 23.5 Å². The summed E-state index contributed by atoms with van der Waals surface area (Å²) >= 11 is 6.07. The van der Waals surface area contributed by atoms with E-state index in [1.54, 1.807) is 41.0 Å². The summed E-state index contributed by atoms with van der Waals surface area (Å²) in [7, 11) is 1.26. The van der Waals surface area contributed by atoms with Gasteiger partial charge in [0.15, 0.2) is 0 Å². The van der Waals surface area contributed by atoms with Gasteiger partial charge in [0.05, 0.1) is 18.6 Å². The number of hydrogen-bond acceptors (Lipinski definition) is 4. The third kappa shape index (κ3) is 4.15. The van der Waals surface area contributed by atoms with Crippen LogP contribution in [-0.2, 0) is 14.3 Å². The Labute approximate surface area is 196 Å². The highest BCUT2D eigenvalue weighted by atomic mass is 35.5. The van der Waals surface area contributed by atoms with Crippen molar-refractivity contribution in [2.24, 2.45) is 5.41 Å². The molecule has 2 aromatic rings.